The standard InChI is InChI=1S/C19H22ClN3O5/c1-21(11-12-10-13(23(27)28)6-7-16(12)20)17(24)8-9-22-18(25)14-4-2-3-5-15(14)19(22)26/h6-7,10,14-15H,2-5,8-9,11H2,1H3. The molecule has 1 heterocycles. The van der Waals surface area contributed by atoms with Crippen molar-refractivity contribution in [3.05, 3.63) is 38.9 Å². The van der Waals surface area contributed by atoms with Crippen LogP contribution in [0.25, 0.3) is 0 Å². The summed E-state index contributed by atoms with van der Waals surface area (Å²) in [5.41, 5.74) is 0.363. The van der Waals surface area contributed by atoms with E-state index in [1.165, 1.54) is 28.0 Å². The first-order chi connectivity index (χ1) is 13.3. The van der Waals surface area contributed by atoms with Crippen molar-refractivity contribution in [3.8, 4) is 0 Å². The fourth-order valence-corrected chi connectivity index (χ4v) is 4.17. The summed E-state index contributed by atoms with van der Waals surface area (Å²) < 4.78 is 0. The molecular formula is C19H22ClN3O5. The predicted octanol–water partition coefficient (Wildman–Crippen LogP) is 2.77. The number of amides is 3. The Labute approximate surface area is 167 Å². The van der Waals surface area contributed by atoms with Gasteiger partial charge in [0.25, 0.3) is 5.69 Å². The van der Waals surface area contributed by atoms with Crippen molar-refractivity contribution in [1.29, 1.82) is 0 Å². The Morgan fingerprint density at radius 2 is 1.86 bits per heavy atom. The van der Waals surface area contributed by atoms with E-state index in [9.17, 15) is 24.5 Å². The highest BCUT2D eigenvalue weighted by molar-refractivity contribution is 6.31. The lowest BCUT2D eigenvalue weighted by atomic mass is 9.81. The first-order valence-electron chi connectivity index (χ1n) is 9.31. The normalized spacial score (nSPS) is 21.6. The van der Waals surface area contributed by atoms with Gasteiger partial charge in [-0.3, -0.25) is 29.4 Å². The molecule has 2 atom stereocenters. The van der Waals surface area contributed by atoms with E-state index in [2.05, 4.69) is 0 Å². The van der Waals surface area contributed by atoms with Crippen molar-refractivity contribution in [2.45, 2.75) is 38.6 Å². The molecule has 2 fully saturated rings. The summed E-state index contributed by atoms with van der Waals surface area (Å²) >= 11 is 6.08. The fraction of sp³-hybridized carbons (Fsp3) is 0.526. The Kier molecular flexibility index (Phi) is 5.98. The van der Waals surface area contributed by atoms with Crippen LogP contribution >= 0.6 is 11.6 Å². The SMILES string of the molecule is CN(Cc1cc([N+](=O)[O-])ccc1Cl)C(=O)CCN1C(=O)C2CCCCC2C1=O. The van der Waals surface area contributed by atoms with Crippen LogP contribution < -0.4 is 0 Å². The van der Waals surface area contributed by atoms with Gasteiger partial charge in [-0.1, -0.05) is 24.4 Å². The van der Waals surface area contributed by atoms with Crippen molar-refractivity contribution >= 4 is 35.0 Å². The van der Waals surface area contributed by atoms with Crippen molar-refractivity contribution in [1.82, 2.24) is 9.80 Å². The number of likely N-dealkylation sites (tertiary alicyclic amines) is 1. The summed E-state index contributed by atoms with van der Waals surface area (Å²) in [5, 5.41) is 11.2. The van der Waals surface area contributed by atoms with Gasteiger partial charge in [-0.25, -0.2) is 0 Å². The Balaban J connectivity index is 1.59. The molecular weight excluding hydrogens is 386 g/mol. The number of nitro benzene ring substituents is 1. The molecule has 8 nitrogen and oxygen atoms in total. The van der Waals surface area contributed by atoms with E-state index in [0.29, 0.717) is 10.6 Å². The van der Waals surface area contributed by atoms with Crippen LogP contribution in [-0.4, -0.2) is 46.0 Å². The first kappa shape index (κ1) is 20.3. The minimum absolute atomic E-state index is 0.0139. The lowest BCUT2D eigenvalue weighted by molar-refractivity contribution is -0.384. The van der Waals surface area contributed by atoms with Crippen molar-refractivity contribution in [2.75, 3.05) is 13.6 Å². The monoisotopic (exact) mass is 407 g/mol. The molecule has 1 saturated heterocycles. The Morgan fingerprint density at radius 1 is 1.25 bits per heavy atom. The highest BCUT2D eigenvalue weighted by atomic mass is 35.5. The quantitative estimate of drug-likeness (QED) is 0.410. The molecule has 1 aromatic rings. The van der Waals surface area contributed by atoms with Gasteiger partial charge in [0, 0.05) is 43.7 Å². The molecule has 0 bridgehead atoms. The van der Waals surface area contributed by atoms with Crippen LogP contribution in [-0.2, 0) is 20.9 Å². The molecule has 0 aromatic heterocycles. The third kappa shape index (κ3) is 4.01. The fourth-order valence-electron chi connectivity index (χ4n) is 3.99. The smallest absolute Gasteiger partial charge is 0.269 e. The first-order valence-corrected chi connectivity index (χ1v) is 9.69. The zero-order valence-electron chi connectivity index (χ0n) is 15.6. The third-order valence-corrected chi connectivity index (χ3v) is 5.92. The topological polar surface area (TPSA) is 101 Å². The van der Waals surface area contributed by atoms with Gasteiger partial charge in [-0.15, -0.1) is 0 Å². The molecule has 2 unspecified atom stereocenters. The van der Waals surface area contributed by atoms with Gasteiger partial charge < -0.3 is 4.90 Å². The molecule has 3 amide bonds. The summed E-state index contributed by atoms with van der Waals surface area (Å²) in [6, 6.07) is 4.07. The second-order valence-electron chi connectivity index (χ2n) is 7.36. The molecule has 3 rings (SSSR count). The maximum atomic E-state index is 12.5. The number of hydrogen-bond donors (Lipinski definition) is 0. The number of rotatable bonds is 6. The second-order valence-corrected chi connectivity index (χ2v) is 7.77. The molecule has 1 aliphatic carbocycles. The number of carbonyl (C=O) groups is 3. The van der Waals surface area contributed by atoms with Crippen LogP contribution in [0.2, 0.25) is 5.02 Å². The Hall–Kier alpha value is -2.48. The minimum atomic E-state index is -0.522. The highest BCUT2D eigenvalue weighted by Crippen LogP contribution is 2.38. The molecule has 28 heavy (non-hydrogen) atoms. The number of carbonyl (C=O) groups excluding carboxylic acids is 3. The van der Waals surface area contributed by atoms with E-state index in [1.807, 2.05) is 0 Å². The van der Waals surface area contributed by atoms with E-state index < -0.39 is 4.92 Å². The van der Waals surface area contributed by atoms with E-state index in [-0.39, 0.29) is 54.8 Å². The average Bonchev–Trinajstić information content (AvgIpc) is 2.92. The van der Waals surface area contributed by atoms with E-state index in [1.54, 1.807) is 7.05 Å². The lowest BCUT2D eigenvalue weighted by Gasteiger charge is -2.20. The van der Waals surface area contributed by atoms with E-state index in [4.69, 9.17) is 11.6 Å². The largest absolute Gasteiger partial charge is 0.341 e. The molecule has 2 aliphatic rings. The van der Waals surface area contributed by atoms with E-state index in [0.717, 1.165) is 25.7 Å². The number of imide groups is 1. The van der Waals surface area contributed by atoms with Crippen LogP contribution in [0.5, 0.6) is 0 Å². The maximum Gasteiger partial charge on any atom is 0.269 e. The molecule has 1 aliphatic heterocycles. The van der Waals surface area contributed by atoms with Gasteiger partial charge >= 0.3 is 0 Å². The predicted molar refractivity (Wildman–Crippen MR) is 101 cm³/mol. The van der Waals surface area contributed by atoms with Crippen molar-refractivity contribution in [3.63, 3.8) is 0 Å². The zero-order valence-corrected chi connectivity index (χ0v) is 16.4. The minimum Gasteiger partial charge on any atom is -0.341 e. The molecule has 9 heteroatoms. The molecule has 1 aromatic carbocycles. The van der Waals surface area contributed by atoms with Gasteiger partial charge in [-0.2, -0.15) is 0 Å². The number of nitrogens with zero attached hydrogens (tertiary/aromatic N) is 3. The number of non-ortho nitro benzene ring substituents is 1. The number of hydrogen-bond acceptors (Lipinski definition) is 5. The molecule has 0 spiro atoms. The maximum absolute atomic E-state index is 12.5. The van der Waals surface area contributed by atoms with Gasteiger partial charge in [0.2, 0.25) is 17.7 Å². The molecule has 150 valence electrons. The lowest BCUT2D eigenvalue weighted by Crippen LogP contribution is -2.36. The van der Waals surface area contributed by atoms with Gasteiger partial charge in [0.05, 0.1) is 16.8 Å². The molecule has 0 N–H and O–H groups in total. The van der Waals surface area contributed by atoms with Crippen LogP contribution in [0.4, 0.5) is 5.69 Å². The number of halogens is 1. The number of fused-ring (bicyclic) bond motifs is 1. The summed E-state index contributed by atoms with van der Waals surface area (Å²) in [6.07, 6.45) is 3.41. The van der Waals surface area contributed by atoms with Crippen molar-refractivity contribution in [2.24, 2.45) is 11.8 Å². The van der Waals surface area contributed by atoms with E-state index >= 15 is 0 Å². The van der Waals surface area contributed by atoms with Crippen LogP contribution in [0.1, 0.15) is 37.7 Å². The van der Waals surface area contributed by atoms with Gasteiger partial charge in [0.1, 0.15) is 0 Å². The number of benzene rings is 1. The molecule has 1 saturated carbocycles. The van der Waals surface area contributed by atoms with Gasteiger partial charge in [-0.05, 0) is 24.5 Å². The van der Waals surface area contributed by atoms with Crippen LogP contribution in [0.3, 0.4) is 0 Å². The Bertz CT molecular complexity index is 804. The van der Waals surface area contributed by atoms with Crippen LogP contribution in [0, 0.1) is 22.0 Å². The summed E-state index contributed by atoms with van der Waals surface area (Å²) in [7, 11) is 1.56. The highest BCUT2D eigenvalue weighted by Gasteiger charge is 2.47. The summed E-state index contributed by atoms with van der Waals surface area (Å²) in [4.78, 5) is 50.4. The second kappa shape index (κ2) is 8.26. The van der Waals surface area contributed by atoms with Crippen molar-refractivity contribution < 1.29 is 19.3 Å². The zero-order chi connectivity index (χ0) is 20.4. The Morgan fingerprint density at radius 3 is 2.43 bits per heavy atom. The summed E-state index contributed by atoms with van der Waals surface area (Å²) in [5.74, 6) is -1.03. The number of nitro groups is 1. The average molecular weight is 408 g/mol. The van der Waals surface area contributed by atoms with Crippen LogP contribution in [0.15, 0.2) is 18.2 Å². The van der Waals surface area contributed by atoms with Gasteiger partial charge in [0.15, 0.2) is 0 Å². The summed E-state index contributed by atoms with van der Waals surface area (Å²) in [6.45, 7) is 0.170. The molecule has 0 radical (unpaired) electrons. The third-order valence-electron chi connectivity index (χ3n) is 5.56.